The van der Waals surface area contributed by atoms with Gasteiger partial charge >= 0.3 is 0 Å². The fourth-order valence-electron chi connectivity index (χ4n) is 3.02. The van der Waals surface area contributed by atoms with Gasteiger partial charge in [0, 0.05) is 18.8 Å². The largest absolute Gasteiger partial charge is 0.477 e. The molecular weight excluding hydrogens is 312 g/mol. The normalized spacial score (nSPS) is 15.3. The summed E-state index contributed by atoms with van der Waals surface area (Å²) in [6, 6.07) is 15.4. The van der Waals surface area contributed by atoms with E-state index in [2.05, 4.69) is 22.0 Å². The molecule has 5 heteroatoms. The van der Waals surface area contributed by atoms with Gasteiger partial charge in [-0.15, -0.1) is 0 Å². The number of nitrogens with zero attached hydrogens (tertiary/aromatic N) is 4. The molecule has 1 fully saturated rings. The average molecular weight is 332 g/mol. The lowest BCUT2D eigenvalue weighted by Gasteiger charge is -2.31. The van der Waals surface area contributed by atoms with Crippen molar-refractivity contribution in [1.82, 2.24) is 9.88 Å². The molecule has 0 aliphatic carbocycles. The zero-order chi connectivity index (χ0) is 17.5. The number of pyridine rings is 1. The molecule has 1 aliphatic heterocycles. The van der Waals surface area contributed by atoms with E-state index in [-0.39, 0.29) is 0 Å². The van der Waals surface area contributed by atoms with Gasteiger partial charge in [-0.2, -0.15) is 10.5 Å². The first-order chi connectivity index (χ1) is 12.3. The lowest BCUT2D eigenvalue weighted by atomic mass is 9.97. The van der Waals surface area contributed by atoms with Crippen molar-refractivity contribution in [3.63, 3.8) is 0 Å². The molecular formula is C20H20N4O. The Labute approximate surface area is 148 Å². The number of aromatic nitrogens is 1. The van der Waals surface area contributed by atoms with Crippen molar-refractivity contribution in [2.75, 3.05) is 19.7 Å². The summed E-state index contributed by atoms with van der Waals surface area (Å²) in [6.45, 7) is 3.65. The Morgan fingerprint density at radius 2 is 1.76 bits per heavy atom. The van der Waals surface area contributed by atoms with Crippen LogP contribution in [0.15, 0.2) is 42.6 Å². The van der Waals surface area contributed by atoms with Gasteiger partial charge in [0.15, 0.2) is 0 Å². The molecule has 0 unspecified atom stereocenters. The molecule has 0 amide bonds. The van der Waals surface area contributed by atoms with E-state index in [0.29, 0.717) is 29.5 Å². The Hall–Kier alpha value is -2.89. The molecule has 126 valence electrons. The molecule has 2 heterocycles. The van der Waals surface area contributed by atoms with Gasteiger partial charge in [0.05, 0.1) is 29.9 Å². The van der Waals surface area contributed by atoms with Gasteiger partial charge < -0.3 is 4.74 Å². The van der Waals surface area contributed by atoms with E-state index in [0.717, 1.165) is 32.5 Å². The van der Waals surface area contributed by atoms with Crippen LogP contribution in [0.1, 0.15) is 29.5 Å². The first-order valence-electron chi connectivity index (χ1n) is 8.47. The van der Waals surface area contributed by atoms with E-state index in [1.807, 2.05) is 24.3 Å². The van der Waals surface area contributed by atoms with Crippen molar-refractivity contribution in [2.45, 2.75) is 19.4 Å². The zero-order valence-corrected chi connectivity index (χ0v) is 14.1. The van der Waals surface area contributed by atoms with Crippen LogP contribution in [0, 0.1) is 28.6 Å². The van der Waals surface area contributed by atoms with Crippen LogP contribution in [0.4, 0.5) is 0 Å². The number of piperidine rings is 1. The second kappa shape index (κ2) is 8.28. The minimum atomic E-state index is 0.518. The van der Waals surface area contributed by atoms with Crippen LogP contribution in [-0.2, 0) is 6.54 Å². The average Bonchev–Trinajstić information content (AvgIpc) is 2.68. The van der Waals surface area contributed by atoms with Crippen LogP contribution in [0.2, 0.25) is 0 Å². The van der Waals surface area contributed by atoms with Crippen molar-refractivity contribution in [3.05, 3.63) is 59.3 Å². The molecule has 0 saturated carbocycles. The lowest BCUT2D eigenvalue weighted by molar-refractivity contribution is 0.134. The van der Waals surface area contributed by atoms with Crippen LogP contribution in [0.3, 0.4) is 0 Å². The molecule has 0 spiro atoms. The maximum absolute atomic E-state index is 8.90. The Morgan fingerprint density at radius 3 is 2.44 bits per heavy atom. The number of benzene rings is 1. The molecule has 3 rings (SSSR count). The Bertz CT molecular complexity index is 781. The number of ether oxygens (including phenoxy) is 1. The van der Waals surface area contributed by atoms with Gasteiger partial charge in [0.25, 0.3) is 0 Å². The van der Waals surface area contributed by atoms with E-state index in [4.69, 9.17) is 15.3 Å². The van der Waals surface area contributed by atoms with Gasteiger partial charge in [-0.1, -0.05) is 12.1 Å². The van der Waals surface area contributed by atoms with Gasteiger partial charge in [0.1, 0.15) is 0 Å². The highest BCUT2D eigenvalue weighted by atomic mass is 16.5. The Morgan fingerprint density at radius 1 is 1.04 bits per heavy atom. The first-order valence-corrected chi connectivity index (χ1v) is 8.47. The van der Waals surface area contributed by atoms with E-state index in [1.165, 1.54) is 5.56 Å². The van der Waals surface area contributed by atoms with Gasteiger partial charge in [-0.25, -0.2) is 4.98 Å². The van der Waals surface area contributed by atoms with Gasteiger partial charge in [0.2, 0.25) is 5.88 Å². The molecule has 0 radical (unpaired) electrons. The maximum atomic E-state index is 8.90. The second-order valence-corrected chi connectivity index (χ2v) is 6.33. The van der Waals surface area contributed by atoms with E-state index in [9.17, 15) is 0 Å². The van der Waals surface area contributed by atoms with E-state index in [1.54, 1.807) is 18.3 Å². The Kier molecular flexibility index (Phi) is 5.61. The summed E-state index contributed by atoms with van der Waals surface area (Å²) in [5.74, 6) is 1.05. The van der Waals surface area contributed by atoms with Gasteiger partial charge in [-0.05, 0) is 55.6 Å². The molecule has 5 nitrogen and oxygen atoms in total. The molecule has 2 aromatic rings. The number of nitriles is 2. The summed E-state index contributed by atoms with van der Waals surface area (Å²) in [7, 11) is 0. The molecule has 1 aromatic carbocycles. The van der Waals surface area contributed by atoms with E-state index < -0.39 is 0 Å². The van der Waals surface area contributed by atoms with Crippen molar-refractivity contribution in [1.29, 1.82) is 10.5 Å². The molecule has 0 bridgehead atoms. The quantitative estimate of drug-likeness (QED) is 0.841. The fraction of sp³-hybridized carbons (Fsp3) is 0.350. The topological polar surface area (TPSA) is 72.9 Å². The van der Waals surface area contributed by atoms with Crippen LogP contribution >= 0.6 is 0 Å². The predicted molar refractivity (Wildman–Crippen MR) is 93.6 cm³/mol. The van der Waals surface area contributed by atoms with Crippen molar-refractivity contribution in [2.24, 2.45) is 5.92 Å². The van der Waals surface area contributed by atoms with Crippen molar-refractivity contribution < 1.29 is 4.74 Å². The smallest absolute Gasteiger partial charge is 0.214 e. The fourth-order valence-corrected chi connectivity index (χ4v) is 3.02. The summed E-state index contributed by atoms with van der Waals surface area (Å²) >= 11 is 0. The van der Waals surface area contributed by atoms with Crippen molar-refractivity contribution >= 4 is 0 Å². The zero-order valence-electron chi connectivity index (χ0n) is 14.1. The SMILES string of the molecule is N#Cc1ccc(CN2CCC(COc3cc(C#N)ccn3)CC2)cc1. The highest BCUT2D eigenvalue weighted by Crippen LogP contribution is 2.20. The van der Waals surface area contributed by atoms with Crippen LogP contribution in [0.25, 0.3) is 0 Å². The lowest BCUT2D eigenvalue weighted by Crippen LogP contribution is -2.35. The summed E-state index contributed by atoms with van der Waals surface area (Å²) < 4.78 is 5.76. The summed E-state index contributed by atoms with van der Waals surface area (Å²) in [4.78, 5) is 6.59. The summed E-state index contributed by atoms with van der Waals surface area (Å²) in [6.07, 6.45) is 3.79. The van der Waals surface area contributed by atoms with Gasteiger partial charge in [-0.3, -0.25) is 4.90 Å². The Balaban J connectivity index is 1.43. The number of rotatable bonds is 5. The minimum absolute atomic E-state index is 0.518. The highest BCUT2D eigenvalue weighted by molar-refractivity contribution is 5.32. The summed E-state index contributed by atoms with van der Waals surface area (Å²) in [5, 5.41) is 17.8. The summed E-state index contributed by atoms with van der Waals surface area (Å²) in [5.41, 5.74) is 2.52. The molecule has 1 aromatic heterocycles. The molecule has 1 aliphatic rings. The predicted octanol–water partition coefficient (Wildman–Crippen LogP) is 3.12. The highest BCUT2D eigenvalue weighted by Gasteiger charge is 2.20. The van der Waals surface area contributed by atoms with E-state index >= 15 is 0 Å². The number of hydrogen-bond acceptors (Lipinski definition) is 5. The molecule has 0 N–H and O–H groups in total. The standard InChI is InChI=1S/C20H20N4O/c21-12-16-1-3-17(4-2-16)14-24-9-6-18(7-10-24)15-25-20-11-19(13-22)5-8-23-20/h1-5,8,11,18H,6-7,9-10,14-15H2. The van der Waals surface area contributed by atoms with Crippen molar-refractivity contribution in [3.8, 4) is 18.0 Å². The third kappa shape index (κ3) is 4.79. The number of likely N-dealkylation sites (tertiary alicyclic amines) is 1. The second-order valence-electron chi connectivity index (χ2n) is 6.33. The minimum Gasteiger partial charge on any atom is -0.477 e. The maximum Gasteiger partial charge on any atom is 0.214 e. The van der Waals surface area contributed by atoms with Crippen LogP contribution in [-0.4, -0.2) is 29.6 Å². The molecule has 0 atom stereocenters. The third-order valence-electron chi connectivity index (χ3n) is 4.53. The number of hydrogen-bond donors (Lipinski definition) is 0. The third-order valence-corrected chi connectivity index (χ3v) is 4.53. The first kappa shape index (κ1) is 17.0. The molecule has 1 saturated heterocycles. The molecule has 25 heavy (non-hydrogen) atoms. The van der Waals surface area contributed by atoms with Crippen LogP contribution in [0.5, 0.6) is 5.88 Å². The monoisotopic (exact) mass is 332 g/mol. The van der Waals surface area contributed by atoms with Crippen LogP contribution < -0.4 is 4.74 Å².